The lowest BCUT2D eigenvalue weighted by molar-refractivity contribution is 0.143. The van der Waals surface area contributed by atoms with Crippen molar-refractivity contribution in [1.82, 2.24) is 10.3 Å². The summed E-state index contributed by atoms with van der Waals surface area (Å²) in [6, 6.07) is 18.1. The number of pyridine rings is 1. The molecule has 5 nitrogen and oxygen atoms in total. The lowest BCUT2D eigenvalue weighted by Gasteiger charge is -2.14. The van der Waals surface area contributed by atoms with Crippen LogP contribution in [0.5, 0.6) is 0 Å². The third-order valence-corrected chi connectivity index (χ3v) is 5.45. The van der Waals surface area contributed by atoms with Crippen LogP contribution in [0, 0.1) is 0 Å². The quantitative estimate of drug-likeness (QED) is 0.534. The van der Waals surface area contributed by atoms with E-state index in [1.807, 2.05) is 36.4 Å². The van der Waals surface area contributed by atoms with Crippen molar-refractivity contribution >= 4 is 29.6 Å². The van der Waals surface area contributed by atoms with Crippen LogP contribution >= 0.6 is 11.6 Å². The average Bonchev–Trinajstić information content (AvgIpc) is 3.07. The first-order valence-corrected chi connectivity index (χ1v) is 10.2. The fraction of sp³-hybridized carbons (Fsp3) is 0.167. The van der Waals surface area contributed by atoms with Crippen molar-refractivity contribution in [1.29, 1.82) is 0 Å². The molecule has 4 rings (SSSR count). The SMILES string of the molecule is Nc1cc(Cl)c(C=CCCNC(=O)OCC2c3ccccc3-c3ccccc32)cn1. The molecular weight excluding hydrogens is 398 g/mol. The number of nitrogen functional groups attached to an aromatic ring is 1. The van der Waals surface area contributed by atoms with Crippen LogP contribution in [-0.2, 0) is 4.74 Å². The van der Waals surface area contributed by atoms with Crippen molar-refractivity contribution in [2.45, 2.75) is 12.3 Å². The smallest absolute Gasteiger partial charge is 0.407 e. The molecule has 1 amide bonds. The zero-order chi connectivity index (χ0) is 20.9. The number of aromatic nitrogens is 1. The number of anilines is 1. The fourth-order valence-electron chi connectivity index (χ4n) is 3.70. The van der Waals surface area contributed by atoms with Gasteiger partial charge in [-0.2, -0.15) is 0 Å². The number of hydrogen-bond donors (Lipinski definition) is 2. The molecule has 152 valence electrons. The van der Waals surface area contributed by atoms with Gasteiger partial charge in [0.25, 0.3) is 0 Å². The van der Waals surface area contributed by atoms with Crippen LogP contribution in [-0.4, -0.2) is 24.2 Å². The number of fused-ring (bicyclic) bond motifs is 3. The lowest BCUT2D eigenvalue weighted by Crippen LogP contribution is -2.26. The largest absolute Gasteiger partial charge is 0.449 e. The summed E-state index contributed by atoms with van der Waals surface area (Å²) < 4.78 is 5.52. The van der Waals surface area contributed by atoms with Crippen LogP contribution < -0.4 is 11.1 Å². The van der Waals surface area contributed by atoms with Gasteiger partial charge in [0.05, 0.1) is 5.02 Å². The van der Waals surface area contributed by atoms with Gasteiger partial charge in [-0.1, -0.05) is 72.3 Å². The minimum Gasteiger partial charge on any atom is -0.449 e. The molecule has 0 bridgehead atoms. The Kier molecular flexibility index (Phi) is 6.00. The molecule has 0 aliphatic heterocycles. The highest BCUT2D eigenvalue weighted by atomic mass is 35.5. The van der Waals surface area contributed by atoms with Crippen molar-refractivity contribution < 1.29 is 9.53 Å². The van der Waals surface area contributed by atoms with E-state index in [1.165, 1.54) is 22.3 Å². The maximum atomic E-state index is 12.1. The Morgan fingerprint density at radius 3 is 2.47 bits per heavy atom. The first-order valence-electron chi connectivity index (χ1n) is 9.80. The summed E-state index contributed by atoms with van der Waals surface area (Å²) in [6.45, 7) is 0.773. The van der Waals surface area contributed by atoms with Gasteiger partial charge in [0.2, 0.25) is 0 Å². The van der Waals surface area contributed by atoms with Crippen LogP contribution in [0.25, 0.3) is 17.2 Å². The molecule has 30 heavy (non-hydrogen) atoms. The number of carbonyl (C=O) groups excluding carboxylic acids is 1. The van der Waals surface area contributed by atoms with E-state index in [0.29, 0.717) is 30.4 Å². The number of hydrogen-bond acceptors (Lipinski definition) is 4. The summed E-state index contributed by atoms with van der Waals surface area (Å²) >= 11 is 6.11. The molecule has 0 saturated carbocycles. The van der Waals surface area contributed by atoms with Gasteiger partial charge in [-0.25, -0.2) is 9.78 Å². The van der Waals surface area contributed by atoms with E-state index < -0.39 is 6.09 Å². The lowest BCUT2D eigenvalue weighted by atomic mass is 9.98. The molecule has 1 aliphatic rings. The molecule has 0 fully saturated rings. The van der Waals surface area contributed by atoms with E-state index in [0.717, 1.165) is 5.56 Å². The molecule has 3 N–H and O–H groups in total. The highest BCUT2D eigenvalue weighted by Gasteiger charge is 2.28. The number of carbonyl (C=O) groups is 1. The highest BCUT2D eigenvalue weighted by Crippen LogP contribution is 2.44. The maximum absolute atomic E-state index is 12.1. The zero-order valence-corrected chi connectivity index (χ0v) is 17.1. The topological polar surface area (TPSA) is 77.2 Å². The summed E-state index contributed by atoms with van der Waals surface area (Å²) in [5, 5.41) is 3.33. The molecular formula is C24H22ClN3O2. The summed E-state index contributed by atoms with van der Waals surface area (Å²) in [7, 11) is 0. The molecule has 1 heterocycles. The van der Waals surface area contributed by atoms with Crippen LogP contribution in [0.3, 0.4) is 0 Å². The first-order chi connectivity index (χ1) is 14.6. The van der Waals surface area contributed by atoms with Crippen molar-refractivity contribution in [3.05, 3.63) is 88.6 Å². The molecule has 6 heteroatoms. The number of ether oxygens (including phenoxy) is 1. The van der Waals surface area contributed by atoms with E-state index in [2.05, 4.69) is 34.6 Å². The van der Waals surface area contributed by atoms with E-state index in [9.17, 15) is 4.79 Å². The predicted octanol–water partition coefficient (Wildman–Crippen LogP) is 5.26. The van der Waals surface area contributed by atoms with Crippen LogP contribution in [0.15, 0.2) is 66.9 Å². The third kappa shape index (κ3) is 4.31. The van der Waals surface area contributed by atoms with Crippen molar-refractivity contribution in [3.63, 3.8) is 0 Å². The first kappa shape index (κ1) is 20.0. The summed E-state index contributed by atoms with van der Waals surface area (Å²) in [6.07, 6.45) is 5.62. The van der Waals surface area contributed by atoms with Gasteiger partial charge in [0.1, 0.15) is 12.4 Å². The molecule has 0 unspecified atom stereocenters. The van der Waals surface area contributed by atoms with Gasteiger partial charge in [-0.3, -0.25) is 0 Å². The number of rotatable bonds is 6. The predicted molar refractivity (Wildman–Crippen MR) is 120 cm³/mol. The number of nitrogens with zero attached hydrogens (tertiary/aromatic N) is 1. The molecule has 0 saturated heterocycles. The van der Waals surface area contributed by atoms with E-state index in [1.54, 1.807) is 12.3 Å². The number of halogens is 1. The van der Waals surface area contributed by atoms with Crippen LogP contribution in [0.4, 0.5) is 10.6 Å². The van der Waals surface area contributed by atoms with Gasteiger partial charge in [0.15, 0.2) is 0 Å². The van der Waals surface area contributed by atoms with Gasteiger partial charge >= 0.3 is 6.09 Å². The minimum atomic E-state index is -0.419. The maximum Gasteiger partial charge on any atom is 0.407 e. The highest BCUT2D eigenvalue weighted by molar-refractivity contribution is 6.32. The number of amides is 1. The van der Waals surface area contributed by atoms with Crippen molar-refractivity contribution in [2.75, 3.05) is 18.9 Å². The van der Waals surface area contributed by atoms with E-state index in [-0.39, 0.29) is 5.92 Å². The van der Waals surface area contributed by atoms with E-state index >= 15 is 0 Å². The number of nitrogens with one attached hydrogen (secondary N) is 1. The Balaban J connectivity index is 1.28. The number of alkyl carbamates (subject to hydrolysis) is 1. The minimum absolute atomic E-state index is 0.0585. The molecule has 3 aromatic rings. The van der Waals surface area contributed by atoms with Gasteiger partial charge in [-0.05, 0) is 34.7 Å². The Morgan fingerprint density at radius 2 is 1.80 bits per heavy atom. The van der Waals surface area contributed by atoms with Crippen LogP contribution in [0.1, 0.15) is 29.0 Å². The van der Waals surface area contributed by atoms with Crippen molar-refractivity contribution in [3.8, 4) is 11.1 Å². The molecule has 0 radical (unpaired) electrons. The normalized spacial score (nSPS) is 12.6. The molecule has 2 aromatic carbocycles. The van der Waals surface area contributed by atoms with Gasteiger partial charge in [0, 0.05) is 24.2 Å². The fourth-order valence-corrected chi connectivity index (χ4v) is 3.92. The Bertz CT molecular complexity index is 1050. The molecule has 1 aromatic heterocycles. The Morgan fingerprint density at radius 1 is 1.13 bits per heavy atom. The molecule has 1 aliphatic carbocycles. The van der Waals surface area contributed by atoms with Crippen molar-refractivity contribution in [2.24, 2.45) is 0 Å². The summed E-state index contributed by atoms with van der Waals surface area (Å²) in [5.41, 5.74) is 11.2. The summed E-state index contributed by atoms with van der Waals surface area (Å²) in [4.78, 5) is 16.2. The Hall–Kier alpha value is -3.31. The van der Waals surface area contributed by atoms with Gasteiger partial charge < -0.3 is 15.8 Å². The zero-order valence-electron chi connectivity index (χ0n) is 16.3. The monoisotopic (exact) mass is 419 g/mol. The Labute approximate surface area is 180 Å². The van der Waals surface area contributed by atoms with Crippen LogP contribution in [0.2, 0.25) is 5.02 Å². The van der Waals surface area contributed by atoms with Gasteiger partial charge in [-0.15, -0.1) is 0 Å². The summed E-state index contributed by atoms with van der Waals surface area (Å²) in [5.74, 6) is 0.442. The second-order valence-corrected chi connectivity index (χ2v) is 7.48. The van der Waals surface area contributed by atoms with E-state index in [4.69, 9.17) is 22.1 Å². The second kappa shape index (κ2) is 9.01. The molecule has 0 atom stereocenters. The number of benzene rings is 2. The molecule has 0 spiro atoms. The standard InChI is InChI=1S/C24H22ClN3O2/c25-22-13-23(26)28-14-16(22)7-5-6-12-27-24(29)30-15-21-19-10-3-1-8-17(19)18-9-2-4-11-20(18)21/h1-5,7-11,13-14,21H,6,12,15H2,(H2,26,28)(H,27,29). The average molecular weight is 420 g/mol. The third-order valence-electron chi connectivity index (χ3n) is 5.12. The number of nitrogens with two attached hydrogens (primary N) is 1. The second-order valence-electron chi connectivity index (χ2n) is 7.07.